The molecule has 4 rings (SSSR count). The van der Waals surface area contributed by atoms with Crippen molar-refractivity contribution in [2.75, 3.05) is 0 Å². The van der Waals surface area contributed by atoms with Crippen LogP contribution in [-0.4, -0.2) is 3.26 Å². The van der Waals surface area contributed by atoms with Crippen LogP contribution in [-0.2, 0) is 23.9 Å². The van der Waals surface area contributed by atoms with Crippen molar-refractivity contribution in [3.05, 3.63) is 78.4 Å². The van der Waals surface area contributed by atoms with Crippen LogP contribution in [0.1, 0.15) is 25.3 Å². The Balaban J connectivity index is 0.000000438. The van der Waals surface area contributed by atoms with E-state index < -0.39 is 0 Å². The van der Waals surface area contributed by atoms with Crippen molar-refractivity contribution in [2.45, 2.75) is 19.8 Å². The number of rotatable bonds is 1. The number of hydrogen-bond acceptors (Lipinski definition) is 0. The molecule has 0 aromatic heterocycles. The number of allylic oxidation sites excluding steroid dienone is 4. The van der Waals surface area contributed by atoms with Gasteiger partial charge in [0.2, 0.25) is 0 Å². The largest absolute Gasteiger partial charge is 1.00 e. The van der Waals surface area contributed by atoms with Crippen molar-refractivity contribution in [2.24, 2.45) is 0 Å². The van der Waals surface area contributed by atoms with Crippen molar-refractivity contribution in [3.8, 4) is 0 Å². The van der Waals surface area contributed by atoms with Crippen molar-refractivity contribution in [1.29, 1.82) is 0 Å². The van der Waals surface area contributed by atoms with Crippen LogP contribution >= 0.6 is 0 Å². The van der Waals surface area contributed by atoms with Crippen LogP contribution < -0.4 is 24.8 Å². The fourth-order valence-corrected chi connectivity index (χ4v) is 2.93. The molecular weight excluding hydrogens is 502 g/mol. The summed E-state index contributed by atoms with van der Waals surface area (Å²) in [7, 11) is 0. The average molecular weight is 521 g/mol. The average Bonchev–Trinajstić information content (AvgIpc) is 3.14. The first-order valence-electron chi connectivity index (χ1n) is 7.60. The Morgan fingerprint density at radius 3 is 2.12 bits per heavy atom. The molecule has 0 bridgehead atoms. The summed E-state index contributed by atoms with van der Waals surface area (Å²) < 4.78 is 1.56. The van der Waals surface area contributed by atoms with E-state index in [4.69, 9.17) is 0 Å². The van der Waals surface area contributed by atoms with Crippen molar-refractivity contribution >= 4 is 24.8 Å². The van der Waals surface area contributed by atoms with Gasteiger partial charge in [-0.2, -0.15) is 0 Å². The first-order valence-corrected chi connectivity index (χ1v) is 9.40. The Morgan fingerprint density at radius 2 is 1.46 bits per heavy atom. The van der Waals surface area contributed by atoms with Gasteiger partial charge in [-0.1, -0.05) is 66.3 Å². The van der Waals surface area contributed by atoms with Crippen molar-refractivity contribution < 1.29 is 48.7 Å². The first kappa shape index (κ1) is 21.2. The van der Waals surface area contributed by atoms with Gasteiger partial charge in [0.1, 0.15) is 0 Å². The molecule has 0 unspecified atom stereocenters. The molecule has 3 heteroatoms. The van der Waals surface area contributed by atoms with Gasteiger partial charge in [-0.15, -0.1) is 33.7 Å². The summed E-state index contributed by atoms with van der Waals surface area (Å²) >= 11 is 1.27. The zero-order valence-corrected chi connectivity index (χ0v) is 18.9. The molecule has 0 fully saturated rings. The van der Waals surface area contributed by atoms with Crippen LogP contribution in [0.15, 0.2) is 72.8 Å². The molecule has 0 N–H and O–H groups in total. The van der Waals surface area contributed by atoms with Gasteiger partial charge >= 0.3 is 41.0 Å². The van der Waals surface area contributed by atoms with Gasteiger partial charge in [0, 0.05) is 0 Å². The van der Waals surface area contributed by atoms with Crippen LogP contribution in [0.2, 0.25) is 0 Å². The number of halogens is 2. The third-order valence-electron chi connectivity index (χ3n) is 3.80. The Kier molecular flexibility index (Phi) is 8.42. The van der Waals surface area contributed by atoms with E-state index in [-0.39, 0.29) is 24.8 Å². The Hall–Kier alpha value is -0.890. The maximum absolute atomic E-state index is 2.32. The maximum atomic E-state index is 2.32. The van der Waals surface area contributed by atoms with Gasteiger partial charge in [-0.3, -0.25) is 0 Å². The topological polar surface area (TPSA) is 0 Å². The monoisotopic (exact) mass is 521 g/mol. The molecule has 0 saturated heterocycles. The molecule has 1 aliphatic carbocycles. The molecule has 122 valence electrons. The molecule has 3 aromatic carbocycles. The smallest absolute Gasteiger partial charge is 1.00 e. The summed E-state index contributed by atoms with van der Waals surface area (Å²) in [6.45, 7) is 4.29. The number of benzene rings is 2. The predicted molar refractivity (Wildman–Crippen MR) is 94.4 cm³/mol. The van der Waals surface area contributed by atoms with E-state index in [1.165, 1.54) is 51.0 Å². The fourth-order valence-electron chi connectivity index (χ4n) is 2.93. The molecule has 0 heterocycles. The second-order valence-corrected chi connectivity index (χ2v) is 9.43. The number of hydrogen-bond donors (Lipinski definition) is 0. The third kappa shape index (κ3) is 4.59. The summed E-state index contributed by atoms with van der Waals surface area (Å²) in [5.41, 5.74) is 1.41. The quantitative estimate of drug-likeness (QED) is 0.305. The molecule has 3 aromatic rings. The molecule has 1 aliphatic rings. The van der Waals surface area contributed by atoms with Crippen LogP contribution in [0.3, 0.4) is 0 Å². The molecule has 0 atom stereocenters. The van der Waals surface area contributed by atoms with E-state index in [0.717, 1.165) is 0 Å². The second-order valence-electron chi connectivity index (χ2n) is 5.84. The minimum absolute atomic E-state index is 0. The van der Waals surface area contributed by atoms with E-state index >= 15 is 0 Å². The van der Waals surface area contributed by atoms with Crippen molar-refractivity contribution in [1.82, 2.24) is 0 Å². The van der Waals surface area contributed by atoms with Crippen molar-refractivity contribution in [3.63, 3.8) is 0 Å². The van der Waals surface area contributed by atoms with Gasteiger partial charge in [0.25, 0.3) is 0 Å². The number of fused-ring (bicyclic) bond motifs is 3. The van der Waals surface area contributed by atoms with Crippen LogP contribution in [0, 0.1) is 0 Å². The van der Waals surface area contributed by atoms with E-state index in [0.29, 0.717) is 5.92 Å². The van der Waals surface area contributed by atoms with E-state index in [9.17, 15) is 0 Å². The minimum atomic E-state index is 0. The molecule has 0 radical (unpaired) electrons. The SMILES string of the molecule is C1=CC(c2cccc3c2[cH-]c2ccccc23)C=C1.C[C](C)=[Hf+2].[Cl-].[Cl-]. The van der Waals surface area contributed by atoms with Gasteiger partial charge in [-0.05, 0) is 5.92 Å². The third-order valence-corrected chi connectivity index (χ3v) is 3.80. The van der Waals surface area contributed by atoms with Gasteiger partial charge in [0.05, 0.1) is 0 Å². The molecule has 24 heavy (non-hydrogen) atoms. The maximum Gasteiger partial charge on any atom is -1.00 e. The molecule has 0 nitrogen and oxygen atoms in total. The minimum Gasteiger partial charge on any atom is -1.00 e. The van der Waals surface area contributed by atoms with E-state index in [2.05, 4.69) is 86.7 Å². The summed E-state index contributed by atoms with van der Waals surface area (Å²) in [6.07, 6.45) is 8.77. The molecule has 0 aliphatic heterocycles. The van der Waals surface area contributed by atoms with Crippen LogP contribution in [0.25, 0.3) is 21.5 Å². The Morgan fingerprint density at radius 1 is 0.875 bits per heavy atom. The second kappa shape index (κ2) is 9.56. The Bertz CT molecular complexity index is 871. The molecule has 0 spiro atoms. The summed E-state index contributed by atoms with van der Waals surface area (Å²) in [5, 5.41) is 5.46. The van der Waals surface area contributed by atoms with Gasteiger partial charge in [-0.25, -0.2) is 0 Å². The predicted octanol–water partition coefficient (Wildman–Crippen LogP) is -0.325. The zero-order chi connectivity index (χ0) is 15.5. The molecule has 0 amide bonds. The van der Waals surface area contributed by atoms with Crippen LogP contribution in [0.5, 0.6) is 0 Å². The van der Waals surface area contributed by atoms with E-state index in [1.807, 2.05) is 0 Å². The zero-order valence-electron chi connectivity index (χ0n) is 13.8. The fraction of sp³-hybridized carbons (Fsp3) is 0.143. The molecule has 0 saturated carbocycles. The van der Waals surface area contributed by atoms with Crippen LogP contribution in [0.4, 0.5) is 0 Å². The Labute approximate surface area is 170 Å². The standard InChI is InChI=1S/C18H13.C3H6.2ClH.Hf/c1-2-7-13(6-1)15-10-5-11-17-16-9-4-3-8-14(16)12-18(15)17;1-3-2;;;/h1-13H;1-2H3;2*1H;/q-1;;;;+2/p-2. The van der Waals surface area contributed by atoms with E-state index in [1.54, 1.807) is 3.26 Å². The molecular formula is C21H19Cl2Hf-. The summed E-state index contributed by atoms with van der Waals surface area (Å²) in [6, 6.07) is 17.6. The van der Waals surface area contributed by atoms with Gasteiger partial charge in [0.15, 0.2) is 0 Å². The summed E-state index contributed by atoms with van der Waals surface area (Å²) in [4.78, 5) is 0. The normalized spacial score (nSPS) is 12.5. The first-order chi connectivity index (χ1) is 10.7. The van der Waals surface area contributed by atoms with Gasteiger partial charge < -0.3 is 24.8 Å². The summed E-state index contributed by atoms with van der Waals surface area (Å²) in [5.74, 6) is 0.436.